The fourth-order valence-electron chi connectivity index (χ4n) is 2.84. The molecule has 0 radical (unpaired) electrons. The quantitative estimate of drug-likeness (QED) is 0.861. The first kappa shape index (κ1) is 14.7. The Hall–Kier alpha value is -2.24. The van der Waals surface area contributed by atoms with E-state index < -0.39 is 0 Å². The highest BCUT2D eigenvalue weighted by Crippen LogP contribution is 2.19. The van der Waals surface area contributed by atoms with Crippen molar-refractivity contribution in [2.75, 3.05) is 26.2 Å². The largest absolute Gasteiger partial charge is 0.314 e. The number of nitrogens with one attached hydrogen (secondary N) is 1. The standard InChI is InChI=1S/C17H19N3O2/c21-13-20(19-10-8-18-9-11-19)17(22)12-15-6-3-5-14-4-1-2-7-16(14)15/h1-7,13,18H,8-12H2. The first-order valence-corrected chi connectivity index (χ1v) is 7.49. The van der Waals surface area contributed by atoms with Crippen LogP contribution in [0.2, 0.25) is 0 Å². The Morgan fingerprint density at radius 3 is 2.64 bits per heavy atom. The summed E-state index contributed by atoms with van der Waals surface area (Å²) in [7, 11) is 0. The Bertz CT molecular complexity index is 675. The zero-order chi connectivity index (χ0) is 15.4. The molecule has 0 aromatic heterocycles. The number of nitrogens with zero attached hydrogens (tertiary/aromatic N) is 2. The molecule has 2 aromatic carbocycles. The normalized spacial score (nSPS) is 15.6. The summed E-state index contributed by atoms with van der Waals surface area (Å²) in [5, 5.41) is 8.40. The van der Waals surface area contributed by atoms with Crippen molar-refractivity contribution in [2.24, 2.45) is 0 Å². The highest BCUT2D eigenvalue weighted by Gasteiger charge is 2.23. The highest BCUT2D eigenvalue weighted by molar-refractivity contribution is 5.92. The molecule has 5 heteroatoms. The summed E-state index contributed by atoms with van der Waals surface area (Å²) in [6, 6.07) is 13.9. The second kappa shape index (κ2) is 6.68. The molecule has 114 valence electrons. The number of imide groups is 1. The lowest BCUT2D eigenvalue weighted by molar-refractivity contribution is -0.156. The van der Waals surface area contributed by atoms with Crippen molar-refractivity contribution in [3.8, 4) is 0 Å². The molecule has 0 saturated carbocycles. The molecule has 0 atom stereocenters. The van der Waals surface area contributed by atoms with E-state index in [0.29, 0.717) is 19.5 Å². The van der Waals surface area contributed by atoms with E-state index in [1.165, 1.54) is 5.01 Å². The van der Waals surface area contributed by atoms with Crippen molar-refractivity contribution in [2.45, 2.75) is 6.42 Å². The van der Waals surface area contributed by atoms with Crippen molar-refractivity contribution in [3.63, 3.8) is 0 Å². The number of hydrogen-bond acceptors (Lipinski definition) is 4. The molecule has 0 spiro atoms. The molecule has 1 aliphatic heterocycles. The van der Waals surface area contributed by atoms with Crippen LogP contribution < -0.4 is 5.32 Å². The van der Waals surface area contributed by atoms with E-state index in [9.17, 15) is 9.59 Å². The van der Waals surface area contributed by atoms with Gasteiger partial charge in [0, 0.05) is 26.2 Å². The van der Waals surface area contributed by atoms with Crippen LogP contribution in [0, 0.1) is 0 Å². The molecule has 0 unspecified atom stereocenters. The van der Waals surface area contributed by atoms with Crippen molar-refractivity contribution >= 4 is 23.1 Å². The number of carbonyl (C=O) groups excluding carboxylic acids is 2. The van der Waals surface area contributed by atoms with Crippen LogP contribution in [0.5, 0.6) is 0 Å². The summed E-state index contributed by atoms with van der Waals surface area (Å²) in [4.78, 5) is 23.9. The highest BCUT2D eigenvalue weighted by atomic mass is 16.2. The van der Waals surface area contributed by atoms with Crippen LogP contribution >= 0.6 is 0 Å². The monoisotopic (exact) mass is 297 g/mol. The maximum atomic E-state index is 12.5. The summed E-state index contributed by atoms with van der Waals surface area (Å²) in [6.07, 6.45) is 0.850. The van der Waals surface area contributed by atoms with Gasteiger partial charge in [0.15, 0.2) is 0 Å². The maximum absolute atomic E-state index is 12.5. The summed E-state index contributed by atoms with van der Waals surface area (Å²) in [5.41, 5.74) is 0.949. The van der Waals surface area contributed by atoms with Gasteiger partial charge in [-0.25, -0.2) is 10.0 Å². The Labute approximate surface area is 129 Å². The van der Waals surface area contributed by atoms with Gasteiger partial charge in [0.2, 0.25) is 12.3 Å². The number of rotatable bonds is 4. The van der Waals surface area contributed by atoms with Crippen molar-refractivity contribution in [1.29, 1.82) is 0 Å². The van der Waals surface area contributed by atoms with Crippen LogP contribution in [0.1, 0.15) is 5.56 Å². The molecule has 22 heavy (non-hydrogen) atoms. The number of benzene rings is 2. The van der Waals surface area contributed by atoms with Gasteiger partial charge < -0.3 is 5.32 Å². The molecule has 2 aromatic rings. The smallest absolute Gasteiger partial charge is 0.248 e. The third-order valence-electron chi connectivity index (χ3n) is 3.98. The average molecular weight is 297 g/mol. The number of hydrogen-bond donors (Lipinski definition) is 1. The number of amides is 2. The van der Waals surface area contributed by atoms with Crippen LogP contribution in [0.4, 0.5) is 0 Å². The molecule has 2 amide bonds. The number of carbonyl (C=O) groups is 2. The third-order valence-corrected chi connectivity index (χ3v) is 3.98. The average Bonchev–Trinajstić information content (AvgIpc) is 2.57. The van der Waals surface area contributed by atoms with Gasteiger partial charge in [-0.15, -0.1) is 0 Å². The molecular weight excluding hydrogens is 278 g/mol. The number of hydrazine groups is 1. The van der Waals surface area contributed by atoms with E-state index in [0.717, 1.165) is 29.4 Å². The zero-order valence-corrected chi connectivity index (χ0v) is 12.4. The Kier molecular flexibility index (Phi) is 4.46. The first-order valence-electron chi connectivity index (χ1n) is 7.49. The summed E-state index contributed by atoms with van der Waals surface area (Å²) in [6.45, 7) is 2.90. The SMILES string of the molecule is O=CN(C(=O)Cc1cccc2ccccc12)N1CCNCC1. The molecule has 1 aliphatic rings. The maximum Gasteiger partial charge on any atom is 0.248 e. The lowest BCUT2D eigenvalue weighted by Crippen LogP contribution is -2.54. The molecule has 5 nitrogen and oxygen atoms in total. The molecule has 0 bridgehead atoms. The number of fused-ring (bicyclic) bond motifs is 1. The predicted molar refractivity (Wildman–Crippen MR) is 85.0 cm³/mol. The molecule has 1 heterocycles. The summed E-state index contributed by atoms with van der Waals surface area (Å²) >= 11 is 0. The molecule has 1 fully saturated rings. The predicted octanol–water partition coefficient (Wildman–Crippen LogP) is 1.19. The number of piperazine rings is 1. The van der Waals surface area contributed by atoms with Gasteiger partial charge in [0.05, 0.1) is 6.42 Å². The Balaban J connectivity index is 1.81. The lowest BCUT2D eigenvalue weighted by atomic mass is 10.0. The van der Waals surface area contributed by atoms with Crippen molar-refractivity contribution in [3.05, 3.63) is 48.0 Å². The van der Waals surface area contributed by atoms with E-state index in [1.807, 2.05) is 42.5 Å². The third kappa shape index (κ3) is 3.00. The second-order valence-corrected chi connectivity index (χ2v) is 5.36. The molecule has 0 aliphatic carbocycles. The van der Waals surface area contributed by atoms with Gasteiger partial charge in [0.25, 0.3) is 0 Å². The Morgan fingerprint density at radius 1 is 1.14 bits per heavy atom. The molecule has 3 rings (SSSR count). The minimum atomic E-state index is -0.187. The van der Waals surface area contributed by atoms with Crippen LogP contribution in [0.15, 0.2) is 42.5 Å². The van der Waals surface area contributed by atoms with E-state index in [1.54, 1.807) is 5.01 Å². The fourth-order valence-corrected chi connectivity index (χ4v) is 2.84. The van der Waals surface area contributed by atoms with Gasteiger partial charge in [-0.2, -0.15) is 0 Å². The Morgan fingerprint density at radius 2 is 1.86 bits per heavy atom. The fraction of sp³-hybridized carbons (Fsp3) is 0.294. The topological polar surface area (TPSA) is 52.7 Å². The second-order valence-electron chi connectivity index (χ2n) is 5.36. The van der Waals surface area contributed by atoms with Crippen LogP contribution in [0.25, 0.3) is 10.8 Å². The van der Waals surface area contributed by atoms with Gasteiger partial charge in [-0.3, -0.25) is 9.59 Å². The van der Waals surface area contributed by atoms with E-state index in [2.05, 4.69) is 5.32 Å². The van der Waals surface area contributed by atoms with Gasteiger partial charge in [-0.05, 0) is 16.3 Å². The van der Waals surface area contributed by atoms with Crippen LogP contribution in [-0.4, -0.2) is 48.5 Å². The molecule has 1 saturated heterocycles. The molecule has 1 N–H and O–H groups in total. The van der Waals surface area contributed by atoms with Crippen molar-refractivity contribution < 1.29 is 9.59 Å². The minimum Gasteiger partial charge on any atom is -0.314 e. The molecular formula is C17H19N3O2. The minimum absolute atomic E-state index is 0.187. The van der Waals surface area contributed by atoms with E-state index >= 15 is 0 Å². The summed E-state index contributed by atoms with van der Waals surface area (Å²) in [5.74, 6) is -0.187. The van der Waals surface area contributed by atoms with Gasteiger partial charge in [-0.1, -0.05) is 42.5 Å². The first-order chi connectivity index (χ1) is 10.8. The van der Waals surface area contributed by atoms with Crippen molar-refractivity contribution in [1.82, 2.24) is 15.3 Å². The van der Waals surface area contributed by atoms with Crippen LogP contribution in [0.3, 0.4) is 0 Å². The summed E-state index contributed by atoms with van der Waals surface area (Å²) < 4.78 is 0. The van der Waals surface area contributed by atoms with Crippen LogP contribution in [-0.2, 0) is 16.0 Å². The zero-order valence-electron chi connectivity index (χ0n) is 12.4. The van der Waals surface area contributed by atoms with Gasteiger partial charge in [0.1, 0.15) is 0 Å². The van der Waals surface area contributed by atoms with E-state index in [4.69, 9.17) is 0 Å². The van der Waals surface area contributed by atoms with Gasteiger partial charge >= 0.3 is 0 Å². The van der Waals surface area contributed by atoms with E-state index in [-0.39, 0.29) is 12.3 Å². The lowest BCUT2D eigenvalue weighted by Gasteiger charge is -2.33.